The number of carbonyl (C=O) groups is 3. The number of carbonyl (C=O) groups excluding carboxylic acids is 3. The van der Waals surface area contributed by atoms with Crippen LogP contribution in [0.15, 0.2) is 42.6 Å². The molecule has 2 N–H and O–H groups in total. The third kappa shape index (κ3) is 6.35. The van der Waals surface area contributed by atoms with Crippen molar-refractivity contribution in [3.05, 3.63) is 53.9 Å². The molecule has 1 aliphatic heterocycles. The Labute approximate surface area is 188 Å². The van der Waals surface area contributed by atoms with E-state index in [1.807, 2.05) is 67.9 Å². The fourth-order valence-corrected chi connectivity index (χ4v) is 3.79. The summed E-state index contributed by atoms with van der Waals surface area (Å²) in [7, 11) is 0. The summed E-state index contributed by atoms with van der Waals surface area (Å²) in [5, 5.41) is 5.70. The Morgan fingerprint density at radius 3 is 2.47 bits per heavy atom. The van der Waals surface area contributed by atoms with Gasteiger partial charge in [-0.3, -0.25) is 9.59 Å². The zero-order chi connectivity index (χ0) is 23.3. The van der Waals surface area contributed by atoms with E-state index < -0.39 is 5.60 Å². The molecule has 0 saturated carbocycles. The summed E-state index contributed by atoms with van der Waals surface area (Å²) in [6.45, 7) is 8.58. The molecule has 32 heavy (non-hydrogen) atoms. The number of piperidine rings is 1. The van der Waals surface area contributed by atoms with Gasteiger partial charge in [0.15, 0.2) is 0 Å². The largest absolute Gasteiger partial charge is 0.444 e. The molecule has 8 heteroatoms. The predicted octanol–water partition coefficient (Wildman–Crippen LogP) is 3.95. The lowest BCUT2D eigenvalue weighted by Gasteiger charge is -2.34. The van der Waals surface area contributed by atoms with Crippen molar-refractivity contribution >= 4 is 23.6 Å². The third-order valence-electron chi connectivity index (χ3n) is 5.22. The summed E-state index contributed by atoms with van der Waals surface area (Å²) in [6.07, 6.45) is 3.14. The Bertz CT molecular complexity index is 968. The number of nitrogens with zero attached hydrogens (tertiary/aromatic N) is 2. The predicted molar refractivity (Wildman–Crippen MR) is 122 cm³/mol. The van der Waals surface area contributed by atoms with Gasteiger partial charge in [0.1, 0.15) is 11.3 Å². The number of hydrogen-bond donors (Lipinski definition) is 2. The van der Waals surface area contributed by atoms with Crippen LogP contribution in [0, 0.1) is 0 Å². The van der Waals surface area contributed by atoms with Crippen LogP contribution in [0.25, 0.3) is 0 Å². The van der Waals surface area contributed by atoms with Gasteiger partial charge >= 0.3 is 6.09 Å². The van der Waals surface area contributed by atoms with Gasteiger partial charge < -0.3 is 24.8 Å². The highest BCUT2D eigenvalue weighted by Gasteiger charge is 2.28. The van der Waals surface area contributed by atoms with E-state index in [2.05, 4.69) is 10.6 Å². The zero-order valence-electron chi connectivity index (χ0n) is 19.2. The van der Waals surface area contributed by atoms with Crippen LogP contribution in [0.1, 0.15) is 62.6 Å². The smallest absolute Gasteiger partial charge is 0.410 e. The van der Waals surface area contributed by atoms with Crippen molar-refractivity contribution in [1.82, 2.24) is 14.8 Å². The van der Waals surface area contributed by atoms with Crippen LogP contribution in [0.2, 0.25) is 0 Å². The second kappa shape index (κ2) is 9.89. The van der Waals surface area contributed by atoms with Crippen molar-refractivity contribution in [2.75, 3.05) is 18.4 Å². The van der Waals surface area contributed by atoms with Gasteiger partial charge in [0.25, 0.3) is 5.91 Å². The first kappa shape index (κ1) is 23.4. The first-order valence-electron chi connectivity index (χ1n) is 10.9. The molecule has 0 bridgehead atoms. The Kier molecular flexibility index (Phi) is 7.22. The number of benzene rings is 1. The number of nitrogens with one attached hydrogen (secondary N) is 2. The topological polar surface area (TPSA) is 92.7 Å². The molecule has 2 aromatic rings. The number of ether oxygens (including phenoxy) is 1. The van der Waals surface area contributed by atoms with E-state index in [4.69, 9.17) is 4.74 Å². The van der Waals surface area contributed by atoms with E-state index in [0.29, 0.717) is 31.0 Å². The Morgan fingerprint density at radius 1 is 1.09 bits per heavy atom. The van der Waals surface area contributed by atoms with Crippen LogP contribution >= 0.6 is 0 Å². The highest BCUT2D eigenvalue weighted by molar-refractivity contribution is 5.93. The number of hydrogen-bond acceptors (Lipinski definition) is 4. The van der Waals surface area contributed by atoms with Gasteiger partial charge in [-0.2, -0.15) is 0 Å². The molecule has 8 nitrogen and oxygen atoms in total. The maximum absolute atomic E-state index is 12.8. The van der Waals surface area contributed by atoms with Gasteiger partial charge in [-0.1, -0.05) is 12.1 Å². The van der Waals surface area contributed by atoms with Gasteiger partial charge in [0, 0.05) is 44.5 Å². The van der Waals surface area contributed by atoms with Crippen molar-refractivity contribution in [3.8, 4) is 0 Å². The number of anilines is 1. The van der Waals surface area contributed by atoms with E-state index >= 15 is 0 Å². The summed E-state index contributed by atoms with van der Waals surface area (Å²) in [5.74, 6) is -0.295. The third-order valence-corrected chi connectivity index (χ3v) is 5.22. The van der Waals surface area contributed by atoms with E-state index in [0.717, 1.165) is 18.4 Å². The van der Waals surface area contributed by atoms with E-state index in [1.165, 1.54) is 6.92 Å². The normalized spacial score (nSPS) is 14.7. The second-order valence-electron chi connectivity index (χ2n) is 9.06. The van der Waals surface area contributed by atoms with Gasteiger partial charge in [-0.05, 0) is 63.4 Å². The Morgan fingerprint density at radius 2 is 1.81 bits per heavy atom. The molecule has 2 heterocycles. The van der Waals surface area contributed by atoms with Crippen molar-refractivity contribution in [2.45, 2.75) is 58.7 Å². The Balaban J connectivity index is 1.57. The molecule has 1 aliphatic rings. The molecule has 0 radical (unpaired) electrons. The van der Waals surface area contributed by atoms with Crippen molar-refractivity contribution in [1.29, 1.82) is 0 Å². The maximum atomic E-state index is 12.8. The molecule has 1 aromatic heterocycles. The summed E-state index contributed by atoms with van der Waals surface area (Å²) in [6, 6.07) is 11.2. The highest BCUT2D eigenvalue weighted by atomic mass is 16.6. The minimum absolute atomic E-state index is 0.137. The van der Waals surface area contributed by atoms with Crippen molar-refractivity contribution in [2.24, 2.45) is 0 Å². The maximum Gasteiger partial charge on any atom is 0.410 e. The first-order valence-corrected chi connectivity index (χ1v) is 10.9. The fourth-order valence-electron chi connectivity index (χ4n) is 3.79. The number of likely N-dealkylation sites (tertiary alicyclic amines) is 1. The molecule has 1 fully saturated rings. The van der Waals surface area contributed by atoms with Crippen LogP contribution in [0.4, 0.5) is 10.5 Å². The molecule has 1 saturated heterocycles. The van der Waals surface area contributed by atoms with Crippen LogP contribution in [-0.4, -0.2) is 46.1 Å². The number of aromatic nitrogens is 1. The van der Waals surface area contributed by atoms with E-state index in [9.17, 15) is 14.4 Å². The van der Waals surface area contributed by atoms with E-state index in [1.54, 1.807) is 4.90 Å². The molecular formula is C24H32N4O4. The van der Waals surface area contributed by atoms with Crippen LogP contribution in [0.3, 0.4) is 0 Å². The summed E-state index contributed by atoms with van der Waals surface area (Å²) < 4.78 is 7.46. The minimum Gasteiger partial charge on any atom is -0.444 e. The second-order valence-corrected chi connectivity index (χ2v) is 9.06. The van der Waals surface area contributed by atoms with Gasteiger partial charge in [0.2, 0.25) is 5.91 Å². The van der Waals surface area contributed by atoms with Gasteiger partial charge in [-0.15, -0.1) is 0 Å². The average molecular weight is 441 g/mol. The molecular weight excluding hydrogens is 408 g/mol. The molecule has 1 aromatic carbocycles. The minimum atomic E-state index is -0.513. The average Bonchev–Trinajstić information content (AvgIpc) is 3.21. The molecule has 0 atom stereocenters. The van der Waals surface area contributed by atoms with Gasteiger partial charge in [-0.25, -0.2) is 4.79 Å². The lowest BCUT2D eigenvalue weighted by atomic mass is 10.0. The fraction of sp³-hybridized carbons (Fsp3) is 0.458. The number of amides is 3. The lowest BCUT2D eigenvalue weighted by molar-refractivity contribution is -0.114. The Hall–Kier alpha value is -3.29. The first-order chi connectivity index (χ1) is 15.1. The van der Waals surface area contributed by atoms with Crippen LogP contribution in [-0.2, 0) is 16.1 Å². The molecule has 0 aliphatic carbocycles. The summed E-state index contributed by atoms with van der Waals surface area (Å²) >= 11 is 0. The van der Waals surface area contributed by atoms with Gasteiger partial charge in [0.05, 0.1) is 0 Å². The van der Waals surface area contributed by atoms with Crippen molar-refractivity contribution < 1.29 is 19.1 Å². The highest BCUT2D eigenvalue weighted by Crippen LogP contribution is 2.26. The van der Waals surface area contributed by atoms with Crippen LogP contribution < -0.4 is 10.6 Å². The number of rotatable bonds is 5. The quantitative estimate of drug-likeness (QED) is 0.736. The zero-order valence-corrected chi connectivity index (χ0v) is 19.2. The standard InChI is InChI=1S/C24H32N4O4/c1-17(29)26-19-8-5-7-18(15-19)16-25-22(30)21-9-6-12-28(21)20-10-13-27(14-11-20)23(31)32-24(2,3)4/h5-9,12,15,20H,10-11,13-14,16H2,1-4H3,(H,25,30)(H,26,29). The molecule has 0 unspecified atom stereocenters. The molecule has 0 spiro atoms. The molecule has 172 valence electrons. The summed E-state index contributed by atoms with van der Waals surface area (Å²) in [4.78, 5) is 38.1. The monoisotopic (exact) mass is 440 g/mol. The lowest BCUT2D eigenvalue weighted by Crippen LogP contribution is -2.42. The van der Waals surface area contributed by atoms with Crippen LogP contribution in [0.5, 0.6) is 0 Å². The summed E-state index contributed by atoms with van der Waals surface area (Å²) in [5.41, 5.74) is 1.68. The van der Waals surface area contributed by atoms with Crippen molar-refractivity contribution in [3.63, 3.8) is 0 Å². The van der Waals surface area contributed by atoms with E-state index in [-0.39, 0.29) is 23.9 Å². The SMILES string of the molecule is CC(=O)Nc1cccc(CNC(=O)c2cccn2C2CCN(C(=O)OC(C)(C)C)CC2)c1. The molecule has 3 amide bonds. The molecule has 3 rings (SSSR count).